The third-order valence-electron chi connectivity index (χ3n) is 1.81. The van der Waals surface area contributed by atoms with E-state index in [4.69, 9.17) is 15.3 Å². The molecular weight excluding hydrogens is 224 g/mol. The number of hydrogen-bond donors (Lipinski definition) is 2. The molecule has 0 spiro atoms. The molecule has 0 amide bonds. The summed E-state index contributed by atoms with van der Waals surface area (Å²) in [7, 11) is 0. The van der Waals surface area contributed by atoms with Crippen molar-refractivity contribution in [1.29, 1.82) is 0 Å². The van der Waals surface area contributed by atoms with Crippen LogP contribution in [0.25, 0.3) is 0 Å². The van der Waals surface area contributed by atoms with E-state index in [1.807, 2.05) is 0 Å². The number of hydrogen-bond acceptors (Lipinski definition) is 7. The largest absolute Gasteiger partial charge is 0.328 e. The van der Waals surface area contributed by atoms with Gasteiger partial charge in [0.2, 0.25) is 0 Å². The molecule has 1 rings (SSSR count). The summed E-state index contributed by atoms with van der Waals surface area (Å²) in [5.74, 6) is 0. The summed E-state index contributed by atoms with van der Waals surface area (Å²) < 4.78 is 0. The average molecular weight is 238 g/mol. The standard InChI is InChI=1S/C6H13N3O3.HNO3/c10-9(11)12-6-5-8-3-1-7-2-4-8;2-1(3)4/h7H,1-6H2;(H,2,3,4). The second-order valence-corrected chi connectivity index (χ2v) is 2.89. The summed E-state index contributed by atoms with van der Waals surface area (Å²) in [5.41, 5.74) is 0. The Bertz CT molecular complexity index is 215. The molecule has 2 N–H and O–H groups in total. The Morgan fingerprint density at radius 1 is 1.31 bits per heavy atom. The van der Waals surface area contributed by atoms with Gasteiger partial charge < -0.3 is 15.4 Å². The van der Waals surface area contributed by atoms with E-state index in [2.05, 4.69) is 15.1 Å². The van der Waals surface area contributed by atoms with Crippen LogP contribution in [0.15, 0.2) is 0 Å². The van der Waals surface area contributed by atoms with Crippen molar-refractivity contribution in [2.45, 2.75) is 0 Å². The highest BCUT2D eigenvalue weighted by Gasteiger charge is 2.08. The summed E-state index contributed by atoms with van der Waals surface area (Å²) in [5, 5.41) is 25.9. The minimum Gasteiger partial charge on any atom is -0.328 e. The smallest absolute Gasteiger partial charge is 0.294 e. The Kier molecular flexibility index (Phi) is 7.71. The summed E-state index contributed by atoms with van der Waals surface area (Å²) in [4.78, 5) is 24.5. The van der Waals surface area contributed by atoms with Crippen LogP contribution in [-0.2, 0) is 4.84 Å². The maximum absolute atomic E-state index is 9.79. The van der Waals surface area contributed by atoms with Crippen LogP contribution in [-0.4, -0.2) is 59.6 Å². The minimum atomic E-state index is -1.50. The van der Waals surface area contributed by atoms with Crippen molar-refractivity contribution in [3.8, 4) is 0 Å². The van der Waals surface area contributed by atoms with Crippen molar-refractivity contribution >= 4 is 0 Å². The third-order valence-corrected chi connectivity index (χ3v) is 1.81. The van der Waals surface area contributed by atoms with Gasteiger partial charge in [0, 0.05) is 32.7 Å². The molecule has 0 aromatic heterocycles. The Balaban J connectivity index is 0.000000487. The minimum absolute atomic E-state index is 0.174. The molecule has 94 valence electrons. The monoisotopic (exact) mass is 238 g/mol. The van der Waals surface area contributed by atoms with Gasteiger partial charge in [0.25, 0.3) is 10.2 Å². The zero-order valence-electron chi connectivity index (χ0n) is 8.57. The highest BCUT2D eigenvalue weighted by atomic mass is 16.9. The Hall–Kier alpha value is -1.68. The van der Waals surface area contributed by atoms with Crippen LogP contribution in [0.2, 0.25) is 0 Å². The summed E-state index contributed by atoms with van der Waals surface area (Å²) in [6.07, 6.45) is 0. The van der Waals surface area contributed by atoms with Gasteiger partial charge in [-0.15, -0.1) is 20.2 Å². The predicted octanol–water partition coefficient (Wildman–Crippen LogP) is -1.25. The van der Waals surface area contributed by atoms with Crippen LogP contribution in [0, 0.1) is 20.2 Å². The van der Waals surface area contributed by atoms with Crippen molar-refractivity contribution in [3.63, 3.8) is 0 Å². The SMILES string of the molecule is O=[N+]([O-])O.O=[N+]([O-])OCCN1CCNCC1. The van der Waals surface area contributed by atoms with Gasteiger partial charge in [-0.2, -0.15) is 0 Å². The normalized spacial score (nSPS) is 15.8. The van der Waals surface area contributed by atoms with E-state index >= 15 is 0 Å². The van der Waals surface area contributed by atoms with Gasteiger partial charge >= 0.3 is 0 Å². The quantitative estimate of drug-likeness (QED) is 0.459. The Labute approximate surface area is 91.0 Å². The predicted molar refractivity (Wildman–Crippen MR) is 51.0 cm³/mol. The molecule has 0 unspecified atom stereocenters. The summed E-state index contributed by atoms with van der Waals surface area (Å²) in [6, 6.07) is 0. The third kappa shape index (κ3) is 10.4. The lowest BCUT2D eigenvalue weighted by Crippen LogP contribution is -2.44. The van der Waals surface area contributed by atoms with E-state index in [0.717, 1.165) is 26.2 Å². The molecule has 0 bridgehead atoms. The van der Waals surface area contributed by atoms with E-state index in [0.29, 0.717) is 6.54 Å². The van der Waals surface area contributed by atoms with Crippen LogP contribution in [0.3, 0.4) is 0 Å². The number of piperazine rings is 1. The summed E-state index contributed by atoms with van der Waals surface area (Å²) in [6.45, 7) is 4.62. The van der Waals surface area contributed by atoms with E-state index in [9.17, 15) is 10.1 Å². The van der Waals surface area contributed by atoms with Gasteiger partial charge in [-0.25, -0.2) is 0 Å². The number of rotatable bonds is 4. The zero-order chi connectivity index (χ0) is 12.4. The van der Waals surface area contributed by atoms with Crippen molar-refractivity contribution in [3.05, 3.63) is 20.2 Å². The molecule has 0 radical (unpaired) electrons. The average Bonchev–Trinajstić information content (AvgIpc) is 2.18. The lowest BCUT2D eigenvalue weighted by Gasteiger charge is -2.26. The molecule has 0 saturated carbocycles. The van der Waals surface area contributed by atoms with E-state index in [-0.39, 0.29) is 6.61 Å². The first kappa shape index (κ1) is 14.3. The van der Waals surface area contributed by atoms with Crippen LogP contribution >= 0.6 is 0 Å². The molecule has 1 aliphatic rings. The molecule has 10 nitrogen and oxygen atoms in total. The fourth-order valence-electron chi connectivity index (χ4n) is 1.18. The van der Waals surface area contributed by atoms with Crippen molar-refractivity contribution in [2.75, 3.05) is 39.3 Å². The molecule has 10 heteroatoms. The van der Waals surface area contributed by atoms with Gasteiger partial charge in [0.1, 0.15) is 6.61 Å². The lowest BCUT2D eigenvalue weighted by molar-refractivity contribution is -0.757. The van der Waals surface area contributed by atoms with Gasteiger partial charge in [0.15, 0.2) is 0 Å². The molecule has 0 aromatic rings. The molecule has 0 aromatic carbocycles. The Morgan fingerprint density at radius 2 is 1.81 bits per heavy atom. The van der Waals surface area contributed by atoms with Crippen molar-refractivity contribution in [2.24, 2.45) is 0 Å². The molecule has 1 aliphatic heterocycles. The van der Waals surface area contributed by atoms with Crippen LogP contribution in [0.5, 0.6) is 0 Å². The zero-order valence-corrected chi connectivity index (χ0v) is 8.57. The topological polar surface area (TPSA) is 131 Å². The second-order valence-electron chi connectivity index (χ2n) is 2.89. The fourth-order valence-corrected chi connectivity index (χ4v) is 1.18. The maximum Gasteiger partial charge on any atom is 0.294 e. The van der Waals surface area contributed by atoms with Crippen LogP contribution < -0.4 is 5.32 Å². The Morgan fingerprint density at radius 3 is 2.25 bits per heavy atom. The van der Waals surface area contributed by atoms with E-state index in [1.54, 1.807) is 0 Å². The molecule has 1 saturated heterocycles. The first-order valence-electron chi connectivity index (χ1n) is 4.56. The number of nitrogens with one attached hydrogen (secondary N) is 1. The van der Waals surface area contributed by atoms with Crippen molar-refractivity contribution in [1.82, 2.24) is 10.2 Å². The first-order valence-corrected chi connectivity index (χ1v) is 4.56. The molecule has 0 aliphatic carbocycles. The summed E-state index contributed by atoms with van der Waals surface area (Å²) >= 11 is 0. The lowest BCUT2D eigenvalue weighted by atomic mass is 10.4. The molecule has 0 atom stereocenters. The van der Waals surface area contributed by atoms with E-state index in [1.165, 1.54) is 0 Å². The van der Waals surface area contributed by atoms with Gasteiger partial charge in [-0.3, -0.25) is 4.90 Å². The van der Waals surface area contributed by atoms with Gasteiger partial charge in [0.05, 0.1) is 0 Å². The van der Waals surface area contributed by atoms with Gasteiger partial charge in [-0.05, 0) is 0 Å². The first-order chi connectivity index (χ1) is 7.52. The van der Waals surface area contributed by atoms with Crippen LogP contribution in [0.4, 0.5) is 0 Å². The van der Waals surface area contributed by atoms with Gasteiger partial charge in [-0.1, -0.05) is 0 Å². The molecule has 16 heavy (non-hydrogen) atoms. The maximum atomic E-state index is 9.79. The molecule has 1 heterocycles. The number of nitrogens with zero attached hydrogens (tertiary/aromatic N) is 3. The van der Waals surface area contributed by atoms with E-state index < -0.39 is 10.2 Å². The molecule has 1 fully saturated rings. The second kappa shape index (κ2) is 8.61. The highest BCUT2D eigenvalue weighted by Crippen LogP contribution is 1.91. The molecular formula is C6H14N4O6. The van der Waals surface area contributed by atoms with Crippen molar-refractivity contribution < 1.29 is 20.2 Å². The fraction of sp³-hybridized carbons (Fsp3) is 1.00. The highest BCUT2D eigenvalue weighted by molar-refractivity contribution is 4.66. The van der Waals surface area contributed by atoms with Crippen LogP contribution in [0.1, 0.15) is 0 Å².